The first kappa shape index (κ1) is 24.6. The summed E-state index contributed by atoms with van der Waals surface area (Å²) in [5.41, 5.74) is 0.0100. The number of methoxy groups -OCH3 is 1. The molecule has 0 N–H and O–H groups in total. The zero-order chi connectivity index (χ0) is 25.1. The van der Waals surface area contributed by atoms with Crippen LogP contribution in [-0.2, 0) is 0 Å². The second kappa shape index (κ2) is 10.4. The van der Waals surface area contributed by atoms with Crippen molar-refractivity contribution in [1.82, 2.24) is 5.01 Å². The van der Waals surface area contributed by atoms with Crippen LogP contribution in [0.2, 0.25) is 0 Å². The summed E-state index contributed by atoms with van der Waals surface area (Å²) in [6.45, 7) is 2.36. The van der Waals surface area contributed by atoms with Gasteiger partial charge in [-0.25, -0.2) is 22.6 Å². The van der Waals surface area contributed by atoms with Crippen molar-refractivity contribution in [1.29, 1.82) is 0 Å². The fraction of sp³-hybridized carbons (Fsp3) is 0.200. The summed E-state index contributed by atoms with van der Waals surface area (Å²) in [5.74, 6) is -4.68. The fourth-order valence-electron chi connectivity index (χ4n) is 3.53. The minimum Gasteiger partial charge on any atom is -0.492 e. The molecule has 0 saturated carbocycles. The molecule has 0 aromatic heterocycles. The van der Waals surface area contributed by atoms with Crippen molar-refractivity contribution < 1.29 is 31.8 Å². The smallest absolute Gasteiger partial charge is 0.281 e. The monoisotopic (exact) mass is 504 g/mol. The second-order valence-corrected chi connectivity index (χ2v) is 8.57. The number of hydrogen-bond donors (Lipinski definition) is 0. The van der Waals surface area contributed by atoms with Gasteiger partial charge in [-0.2, -0.15) is 5.10 Å². The van der Waals surface area contributed by atoms with Gasteiger partial charge >= 0.3 is 0 Å². The Morgan fingerprint density at radius 3 is 2.34 bits per heavy atom. The van der Waals surface area contributed by atoms with Gasteiger partial charge in [0.1, 0.15) is 39.2 Å². The summed E-state index contributed by atoms with van der Waals surface area (Å²) >= 11 is 1.11. The second-order valence-electron chi connectivity index (χ2n) is 7.50. The van der Waals surface area contributed by atoms with E-state index in [4.69, 9.17) is 9.47 Å². The van der Waals surface area contributed by atoms with Gasteiger partial charge in [-0.3, -0.25) is 4.79 Å². The Balaban J connectivity index is 1.82. The van der Waals surface area contributed by atoms with Gasteiger partial charge in [-0.1, -0.05) is 30.8 Å². The lowest BCUT2D eigenvalue weighted by atomic mass is 10.1. The third kappa shape index (κ3) is 4.97. The van der Waals surface area contributed by atoms with Crippen molar-refractivity contribution in [2.75, 3.05) is 13.7 Å². The van der Waals surface area contributed by atoms with E-state index in [1.54, 1.807) is 18.2 Å². The summed E-state index contributed by atoms with van der Waals surface area (Å²) in [4.78, 5) is 13.3. The molecule has 1 heterocycles. The van der Waals surface area contributed by atoms with Crippen molar-refractivity contribution in [2.45, 2.75) is 18.7 Å². The van der Waals surface area contributed by atoms with E-state index in [9.17, 15) is 22.4 Å². The minimum atomic E-state index is -1.35. The lowest BCUT2D eigenvalue weighted by molar-refractivity contribution is 0.0737. The van der Waals surface area contributed by atoms with E-state index in [1.807, 2.05) is 6.92 Å². The van der Waals surface area contributed by atoms with Crippen LogP contribution in [0.25, 0.3) is 0 Å². The van der Waals surface area contributed by atoms with Crippen molar-refractivity contribution >= 4 is 22.7 Å². The van der Waals surface area contributed by atoms with Crippen molar-refractivity contribution in [2.24, 2.45) is 5.10 Å². The Bertz CT molecular complexity index is 1260. The highest BCUT2D eigenvalue weighted by atomic mass is 32.2. The van der Waals surface area contributed by atoms with E-state index < -0.39 is 40.1 Å². The van der Waals surface area contributed by atoms with Gasteiger partial charge in [0, 0.05) is 23.3 Å². The van der Waals surface area contributed by atoms with Crippen molar-refractivity contribution in [3.63, 3.8) is 0 Å². The number of carbonyl (C=O) groups excluding carboxylic acids is 1. The largest absolute Gasteiger partial charge is 0.492 e. The van der Waals surface area contributed by atoms with E-state index in [0.717, 1.165) is 23.2 Å². The number of thioether (sulfide) groups is 1. The van der Waals surface area contributed by atoms with E-state index in [1.165, 1.54) is 31.4 Å². The molecule has 4 rings (SSSR count). The van der Waals surface area contributed by atoms with Crippen LogP contribution >= 0.6 is 11.8 Å². The zero-order valence-corrected chi connectivity index (χ0v) is 19.5. The summed E-state index contributed by atoms with van der Waals surface area (Å²) in [5, 5.41) is 4.62. The lowest BCUT2D eigenvalue weighted by Gasteiger charge is -2.24. The third-order valence-electron chi connectivity index (χ3n) is 5.11. The molecule has 5 nitrogen and oxygen atoms in total. The highest BCUT2D eigenvalue weighted by Crippen LogP contribution is 2.47. The summed E-state index contributed by atoms with van der Waals surface area (Å²) in [6, 6.07) is 11.3. The van der Waals surface area contributed by atoms with E-state index >= 15 is 0 Å². The van der Waals surface area contributed by atoms with Gasteiger partial charge in [0.25, 0.3) is 5.91 Å². The highest BCUT2D eigenvalue weighted by molar-refractivity contribution is 8.14. The van der Waals surface area contributed by atoms with Gasteiger partial charge < -0.3 is 9.47 Å². The number of rotatable bonds is 7. The number of hydrogen-bond acceptors (Lipinski definition) is 5. The topological polar surface area (TPSA) is 51.1 Å². The molecule has 0 fully saturated rings. The number of ether oxygens (including phenoxy) is 2. The molecule has 1 atom stereocenters. The molecule has 0 saturated heterocycles. The highest BCUT2D eigenvalue weighted by Gasteiger charge is 2.39. The first-order chi connectivity index (χ1) is 16.8. The molecule has 3 aromatic carbocycles. The van der Waals surface area contributed by atoms with Gasteiger partial charge in [0.15, 0.2) is 11.5 Å². The molecule has 1 aliphatic heterocycles. The summed E-state index contributed by atoms with van der Waals surface area (Å²) < 4.78 is 67.2. The molecule has 10 heteroatoms. The number of amides is 1. The molecular formula is C25H20F4N2O3S. The molecule has 1 aliphatic rings. The van der Waals surface area contributed by atoms with Gasteiger partial charge in [0.05, 0.1) is 13.7 Å². The SMILES string of the molecule is CCCOc1cccc(C2SC(c3ccc(F)cc3)=NN2C(=O)c2c(F)cc(F)cc2F)c1OC. The van der Waals surface area contributed by atoms with Crippen LogP contribution in [-0.4, -0.2) is 29.7 Å². The molecule has 182 valence electrons. The Labute approximate surface area is 203 Å². The predicted octanol–water partition coefficient (Wildman–Crippen LogP) is 6.29. The standard InChI is InChI=1S/C25H20F4N2O3S/c1-3-11-34-20-6-4-5-17(22(20)33-2)25-31(24(32)21-18(28)12-16(27)13-19(21)29)30-23(35-25)14-7-9-15(26)10-8-14/h4-10,12-13,25H,3,11H2,1-2H3. The molecule has 3 aromatic rings. The molecule has 0 aliphatic carbocycles. The maximum absolute atomic E-state index is 14.5. The number of benzene rings is 3. The average Bonchev–Trinajstić information content (AvgIpc) is 3.27. The quantitative estimate of drug-likeness (QED) is 0.355. The van der Waals surface area contributed by atoms with E-state index in [2.05, 4.69) is 5.10 Å². The van der Waals surface area contributed by atoms with E-state index in [0.29, 0.717) is 46.4 Å². The van der Waals surface area contributed by atoms with Crippen LogP contribution in [0, 0.1) is 23.3 Å². The molecular weight excluding hydrogens is 484 g/mol. The number of carbonyl (C=O) groups is 1. The number of para-hydroxylation sites is 1. The Hall–Kier alpha value is -3.53. The number of nitrogens with zero attached hydrogens (tertiary/aromatic N) is 2. The average molecular weight is 505 g/mol. The molecule has 0 radical (unpaired) electrons. The van der Waals surface area contributed by atoms with Gasteiger partial charge in [-0.05, 0) is 36.8 Å². The van der Waals surface area contributed by atoms with Crippen LogP contribution < -0.4 is 9.47 Å². The molecule has 35 heavy (non-hydrogen) atoms. The van der Waals surface area contributed by atoms with E-state index in [-0.39, 0.29) is 0 Å². The van der Waals surface area contributed by atoms with Crippen LogP contribution in [0.4, 0.5) is 17.6 Å². The predicted molar refractivity (Wildman–Crippen MR) is 125 cm³/mol. The summed E-state index contributed by atoms with van der Waals surface area (Å²) in [7, 11) is 1.43. The van der Waals surface area contributed by atoms with Gasteiger partial charge in [-0.15, -0.1) is 0 Å². The maximum Gasteiger partial charge on any atom is 0.281 e. The van der Waals surface area contributed by atoms with Crippen LogP contribution in [0.15, 0.2) is 59.7 Å². The molecule has 1 amide bonds. The third-order valence-corrected chi connectivity index (χ3v) is 6.32. The minimum absolute atomic E-state index is 0.313. The number of halogens is 4. The number of hydrazone groups is 1. The van der Waals surface area contributed by atoms with Gasteiger partial charge in [0.2, 0.25) is 0 Å². The first-order valence-corrected chi connectivity index (χ1v) is 11.5. The lowest BCUT2D eigenvalue weighted by Crippen LogP contribution is -2.28. The molecule has 1 unspecified atom stereocenters. The Morgan fingerprint density at radius 1 is 1.03 bits per heavy atom. The normalized spacial score (nSPS) is 15.2. The first-order valence-electron chi connectivity index (χ1n) is 10.6. The Kier molecular flexibility index (Phi) is 7.30. The fourth-order valence-corrected chi connectivity index (χ4v) is 4.70. The van der Waals surface area contributed by atoms with Crippen molar-refractivity contribution in [3.8, 4) is 11.5 Å². The zero-order valence-electron chi connectivity index (χ0n) is 18.7. The van der Waals surface area contributed by atoms with Crippen molar-refractivity contribution in [3.05, 3.63) is 94.6 Å². The maximum atomic E-state index is 14.5. The molecule has 0 spiro atoms. The van der Waals surface area contributed by atoms with Crippen LogP contribution in [0.1, 0.15) is 40.2 Å². The Morgan fingerprint density at radius 2 is 1.71 bits per heavy atom. The molecule has 0 bridgehead atoms. The van der Waals surface area contributed by atoms with Crippen LogP contribution in [0.3, 0.4) is 0 Å². The summed E-state index contributed by atoms with van der Waals surface area (Å²) in [6.07, 6.45) is 0.747. The van der Waals surface area contributed by atoms with Crippen LogP contribution in [0.5, 0.6) is 11.5 Å².